The molecule has 0 amide bonds. The molecule has 0 saturated carbocycles. The van der Waals surface area contributed by atoms with Crippen LogP contribution in [0.4, 0.5) is 0 Å². The number of hydrogen-bond acceptors (Lipinski definition) is 6. The lowest BCUT2D eigenvalue weighted by Gasteiger charge is -2.34. The van der Waals surface area contributed by atoms with Gasteiger partial charge in [-0.15, -0.1) is 0 Å². The van der Waals surface area contributed by atoms with Crippen LogP contribution in [0.5, 0.6) is 23.0 Å². The molecule has 35 heavy (non-hydrogen) atoms. The van der Waals surface area contributed by atoms with E-state index in [1.54, 1.807) is 34.5 Å². The van der Waals surface area contributed by atoms with Crippen molar-refractivity contribution in [1.82, 2.24) is 0 Å². The summed E-state index contributed by atoms with van der Waals surface area (Å²) in [5.74, 6) is 0.995. The summed E-state index contributed by atoms with van der Waals surface area (Å²) in [6.07, 6.45) is 2.78. The molecule has 2 aromatic carbocycles. The molecule has 2 rings (SSSR count). The van der Waals surface area contributed by atoms with Crippen LogP contribution in [-0.4, -0.2) is 39.5 Å². The van der Waals surface area contributed by atoms with E-state index in [-0.39, 0.29) is 5.92 Å². The number of rotatable bonds is 14. The molecule has 7 nitrogen and oxygen atoms in total. The van der Waals surface area contributed by atoms with Crippen LogP contribution in [0.2, 0.25) is 0 Å². The molecule has 0 aliphatic rings. The number of benzene rings is 2. The first-order valence-corrected chi connectivity index (χ1v) is 11.9. The Morgan fingerprint density at radius 2 is 1.54 bits per heavy atom. The molecule has 3 unspecified atom stereocenters. The monoisotopic (exact) mass is 483 g/mol. The van der Waals surface area contributed by atoms with Crippen LogP contribution >= 0.6 is 0 Å². The summed E-state index contributed by atoms with van der Waals surface area (Å²) in [5, 5.41) is 20.3. The van der Waals surface area contributed by atoms with Gasteiger partial charge in [-0.2, -0.15) is 5.26 Å². The third kappa shape index (κ3) is 6.39. The lowest BCUT2D eigenvalue weighted by atomic mass is 9.67. The molecular weight excluding hydrogens is 446 g/mol. The number of carboxylic acid groups (broad SMARTS) is 1. The predicted molar refractivity (Wildman–Crippen MR) is 135 cm³/mol. The number of nitrogens with zero attached hydrogens (tertiary/aromatic N) is 1. The van der Waals surface area contributed by atoms with Gasteiger partial charge in [-0.1, -0.05) is 38.8 Å². The van der Waals surface area contributed by atoms with Crippen LogP contribution in [0.15, 0.2) is 36.4 Å². The first-order valence-electron chi connectivity index (χ1n) is 11.9. The Bertz CT molecular complexity index is 1030. The van der Waals surface area contributed by atoms with Gasteiger partial charge in [-0.05, 0) is 60.6 Å². The topological polar surface area (TPSA) is 98.0 Å². The highest BCUT2D eigenvalue weighted by Gasteiger charge is 2.38. The van der Waals surface area contributed by atoms with Gasteiger partial charge in [0.1, 0.15) is 0 Å². The van der Waals surface area contributed by atoms with Crippen molar-refractivity contribution in [3.8, 4) is 29.1 Å². The van der Waals surface area contributed by atoms with Crippen molar-refractivity contribution in [2.45, 2.75) is 51.4 Å². The minimum absolute atomic E-state index is 0.0692. The molecule has 190 valence electrons. The lowest BCUT2D eigenvalue weighted by Crippen LogP contribution is -2.32. The van der Waals surface area contributed by atoms with E-state index >= 15 is 0 Å². The Hall–Kier alpha value is -3.40. The van der Waals surface area contributed by atoms with Gasteiger partial charge in [0.05, 0.1) is 45.8 Å². The van der Waals surface area contributed by atoms with Gasteiger partial charge in [-0.3, -0.25) is 4.79 Å². The largest absolute Gasteiger partial charge is 0.493 e. The molecule has 3 atom stereocenters. The molecule has 7 heteroatoms. The Labute approximate surface area is 208 Å². The van der Waals surface area contributed by atoms with Crippen molar-refractivity contribution in [2.75, 3.05) is 28.4 Å². The summed E-state index contributed by atoms with van der Waals surface area (Å²) in [5.41, 5.74) is 0.961. The maximum absolute atomic E-state index is 12.1. The second-order valence-electron chi connectivity index (χ2n) is 8.78. The van der Waals surface area contributed by atoms with Crippen LogP contribution in [0.3, 0.4) is 0 Å². The van der Waals surface area contributed by atoms with E-state index in [0.717, 1.165) is 17.5 Å². The van der Waals surface area contributed by atoms with E-state index in [1.807, 2.05) is 30.3 Å². The molecule has 0 aliphatic heterocycles. The number of aliphatic carboxylic acids is 1. The van der Waals surface area contributed by atoms with Crippen LogP contribution in [0.25, 0.3) is 0 Å². The van der Waals surface area contributed by atoms with E-state index in [0.29, 0.717) is 48.7 Å². The number of methoxy groups -OCH3 is 4. The second kappa shape index (κ2) is 12.9. The fourth-order valence-electron chi connectivity index (χ4n) is 4.60. The molecule has 2 aromatic rings. The zero-order chi connectivity index (χ0) is 26.0. The van der Waals surface area contributed by atoms with Crippen LogP contribution in [-0.2, 0) is 16.6 Å². The van der Waals surface area contributed by atoms with Gasteiger partial charge in [0.2, 0.25) is 0 Å². The van der Waals surface area contributed by atoms with Crippen LogP contribution < -0.4 is 18.9 Å². The normalized spacial score (nSPS) is 14.2. The lowest BCUT2D eigenvalue weighted by molar-refractivity contribution is -0.142. The molecule has 0 saturated heterocycles. The van der Waals surface area contributed by atoms with Gasteiger partial charge < -0.3 is 24.1 Å². The van der Waals surface area contributed by atoms with Crippen molar-refractivity contribution in [3.63, 3.8) is 0 Å². The Balaban J connectivity index is 2.25. The third-order valence-electron chi connectivity index (χ3n) is 6.95. The molecule has 0 bridgehead atoms. The summed E-state index contributed by atoms with van der Waals surface area (Å²) >= 11 is 0. The van der Waals surface area contributed by atoms with E-state index < -0.39 is 17.3 Å². The molecule has 0 fully saturated rings. The van der Waals surface area contributed by atoms with Crippen molar-refractivity contribution >= 4 is 5.97 Å². The van der Waals surface area contributed by atoms with Crippen molar-refractivity contribution < 1.29 is 28.8 Å². The fourth-order valence-corrected chi connectivity index (χ4v) is 4.60. The summed E-state index contributed by atoms with van der Waals surface area (Å²) in [6.45, 7) is 4.13. The van der Waals surface area contributed by atoms with Crippen LogP contribution in [0.1, 0.15) is 50.7 Å². The highest BCUT2D eigenvalue weighted by molar-refractivity contribution is 5.70. The Kier molecular flexibility index (Phi) is 10.3. The summed E-state index contributed by atoms with van der Waals surface area (Å²) in [4.78, 5) is 12.1. The van der Waals surface area contributed by atoms with Gasteiger partial charge in [0.25, 0.3) is 0 Å². The molecule has 0 radical (unpaired) electrons. The molecule has 0 aromatic heterocycles. The minimum Gasteiger partial charge on any atom is -0.493 e. The number of carboxylic acids is 1. The van der Waals surface area contributed by atoms with E-state index in [2.05, 4.69) is 19.9 Å². The van der Waals surface area contributed by atoms with Crippen LogP contribution in [0, 0.1) is 23.2 Å². The average molecular weight is 484 g/mol. The van der Waals surface area contributed by atoms with Gasteiger partial charge >= 0.3 is 5.97 Å². The molecule has 1 N–H and O–H groups in total. The molecular formula is C28H37NO6. The molecule has 0 heterocycles. The first-order chi connectivity index (χ1) is 16.8. The summed E-state index contributed by atoms with van der Waals surface area (Å²) in [7, 11) is 6.27. The van der Waals surface area contributed by atoms with E-state index in [1.165, 1.54) is 0 Å². The summed E-state index contributed by atoms with van der Waals surface area (Å²) in [6, 6.07) is 13.6. The fraction of sp³-hybridized carbons (Fsp3) is 0.500. The standard InChI is InChI=1S/C28H37NO6/c1-7-19(2)28(18-29,22-11-13-24(33-4)26(17-22)35-6)14-8-9-21(27(30)31)15-20-10-12-23(32-3)25(16-20)34-5/h10-13,16-17,19,21H,7-9,14-15H2,1-6H3,(H,30,31). The summed E-state index contributed by atoms with van der Waals surface area (Å²) < 4.78 is 21.5. The Morgan fingerprint density at radius 3 is 2.06 bits per heavy atom. The third-order valence-corrected chi connectivity index (χ3v) is 6.95. The molecule has 0 spiro atoms. The quantitative estimate of drug-likeness (QED) is 0.371. The predicted octanol–water partition coefficient (Wildman–Crippen LogP) is 5.64. The van der Waals surface area contributed by atoms with Crippen molar-refractivity contribution in [1.29, 1.82) is 5.26 Å². The van der Waals surface area contributed by atoms with E-state index in [9.17, 15) is 15.2 Å². The number of carbonyl (C=O) groups is 1. The Morgan fingerprint density at radius 1 is 0.971 bits per heavy atom. The van der Waals surface area contributed by atoms with Gasteiger partial charge in [-0.25, -0.2) is 0 Å². The average Bonchev–Trinajstić information content (AvgIpc) is 2.89. The maximum atomic E-state index is 12.1. The SMILES string of the molecule is CCC(C)C(C#N)(CCCC(Cc1ccc(OC)c(OC)c1)C(=O)O)c1ccc(OC)c(OC)c1. The highest BCUT2D eigenvalue weighted by atomic mass is 16.5. The first kappa shape index (κ1) is 27.8. The van der Waals surface area contributed by atoms with Gasteiger partial charge in [0, 0.05) is 0 Å². The van der Waals surface area contributed by atoms with Crippen molar-refractivity contribution in [3.05, 3.63) is 47.5 Å². The molecule has 0 aliphatic carbocycles. The minimum atomic E-state index is -0.850. The number of nitriles is 1. The van der Waals surface area contributed by atoms with E-state index in [4.69, 9.17) is 18.9 Å². The number of hydrogen-bond donors (Lipinski definition) is 1. The van der Waals surface area contributed by atoms with Gasteiger partial charge in [0.15, 0.2) is 23.0 Å². The number of ether oxygens (including phenoxy) is 4. The zero-order valence-corrected chi connectivity index (χ0v) is 21.6. The maximum Gasteiger partial charge on any atom is 0.306 e. The zero-order valence-electron chi connectivity index (χ0n) is 21.6. The second-order valence-corrected chi connectivity index (χ2v) is 8.78. The smallest absolute Gasteiger partial charge is 0.306 e. The highest BCUT2D eigenvalue weighted by Crippen LogP contribution is 2.42. The van der Waals surface area contributed by atoms with Crippen molar-refractivity contribution in [2.24, 2.45) is 11.8 Å².